The molecule has 5 atom stereocenters. The van der Waals surface area contributed by atoms with E-state index in [2.05, 4.69) is 0 Å². The van der Waals surface area contributed by atoms with Gasteiger partial charge in [0.15, 0.2) is 6.29 Å². The minimum atomic E-state index is -4.92. The summed E-state index contributed by atoms with van der Waals surface area (Å²) in [6, 6.07) is -1.04. The van der Waals surface area contributed by atoms with Gasteiger partial charge in [0, 0.05) is 0 Å². The number of hydrogen-bond donors (Lipinski definition) is 6. The first kappa shape index (κ1) is 20.9. The molecule has 1 aliphatic rings. The zero-order chi connectivity index (χ0) is 13.8. The molecule has 1 fully saturated rings. The van der Waals surface area contributed by atoms with Crippen molar-refractivity contribution in [3.8, 4) is 0 Å². The van der Waals surface area contributed by atoms with Crippen molar-refractivity contribution < 1.29 is 72.2 Å². The molecular formula is C6H14NNaO9S. The molecular weight excluding hydrogens is 285 g/mol. The smallest absolute Gasteiger partial charge is 0.726 e. The normalized spacial score (nSPS) is 36.1. The quantitative estimate of drug-likeness (QED) is 0.154. The molecule has 0 aromatic heterocycles. The molecule has 0 bridgehead atoms. The van der Waals surface area contributed by atoms with Crippen molar-refractivity contribution in [2.75, 3.05) is 6.61 Å². The Balaban J connectivity index is 0. The van der Waals surface area contributed by atoms with Gasteiger partial charge in [-0.05, 0) is 0 Å². The molecule has 18 heavy (non-hydrogen) atoms. The van der Waals surface area contributed by atoms with E-state index in [-0.39, 0.29) is 29.6 Å². The molecule has 1 aliphatic heterocycles. The predicted octanol–water partition coefficient (Wildman–Crippen LogP) is -7.25. The molecule has 1 rings (SSSR count). The van der Waals surface area contributed by atoms with Crippen molar-refractivity contribution in [2.24, 2.45) is 5.73 Å². The predicted molar refractivity (Wildman–Crippen MR) is 50.3 cm³/mol. The largest absolute Gasteiger partial charge is 1.00 e. The van der Waals surface area contributed by atoms with Crippen LogP contribution in [0.3, 0.4) is 0 Å². The van der Waals surface area contributed by atoms with E-state index < -0.39 is 47.6 Å². The third kappa shape index (κ3) is 7.93. The Hall–Kier alpha value is 0.630. The van der Waals surface area contributed by atoms with Crippen molar-refractivity contribution in [2.45, 2.75) is 30.6 Å². The van der Waals surface area contributed by atoms with E-state index >= 15 is 0 Å². The summed E-state index contributed by atoms with van der Waals surface area (Å²) in [7, 11) is -4.92. The summed E-state index contributed by atoms with van der Waals surface area (Å²) in [5.74, 6) is 0. The fraction of sp³-hybridized carbons (Fsp3) is 1.00. The van der Waals surface area contributed by atoms with E-state index in [0.29, 0.717) is 0 Å². The Labute approximate surface area is 125 Å². The first-order valence-electron chi connectivity index (χ1n) is 4.32. The molecule has 0 amide bonds. The van der Waals surface area contributed by atoms with Crippen molar-refractivity contribution in [1.82, 2.24) is 0 Å². The third-order valence-corrected chi connectivity index (χ3v) is 1.95. The van der Waals surface area contributed by atoms with Gasteiger partial charge in [0.1, 0.15) is 18.3 Å². The molecule has 0 aromatic carbocycles. The van der Waals surface area contributed by atoms with E-state index in [0.717, 1.165) is 0 Å². The average Bonchev–Trinajstić information content (AvgIpc) is 2.18. The van der Waals surface area contributed by atoms with Crippen LogP contribution in [-0.2, 0) is 15.1 Å². The Bertz CT molecular complexity index is 312. The molecule has 0 saturated carbocycles. The van der Waals surface area contributed by atoms with Crippen LogP contribution in [0.1, 0.15) is 0 Å². The standard InChI is InChI=1S/C6H13NO5.Na.H2O4S/c7-3-5(10)4(9)2(1-8)12-6(3)11;;1-5(2,3)4/h2-6,8-11H,1,7H2;;(H2,1,2,3,4)/q;+1;/p-1/t2-,3-,4-,5-,6-;;/m1../s1. The van der Waals surface area contributed by atoms with Crippen LogP contribution in [-0.4, -0.2) is 75.2 Å². The van der Waals surface area contributed by atoms with E-state index in [4.69, 9.17) is 38.2 Å². The molecule has 10 nitrogen and oxygen atoms in total. The van der Waals surface area contributed by atoms with Crippen molar-refractivity contribution in [3.05, 3.63) is 0 Å². The summed E-state index contributed by atoms with van der Waals surface area (Å²) in [6.45, 7) is -0.470. The third-order valence-electron chi connectivity index (χ3n) is 1.95. The first-order chi connectivity index (χ1) is 7.57. The van der Waals surface area contributed by atoms with Crippen LogP contribution in [0.2, 0.25) is 0 Å². The van der Waals surface area contributed by atoms with Crippen LogP contribution in [0.15, 0.2) is 0 Å². The number of aliphatic hydroxyl groups is 4. The molecule has 1 saturated heterocycles. The fourth-order valence-electron chi connectivity index (χ4n) is 1.12. The minimum absolute atomic E-state index is 0. The zero-order valence-electron chi connectivity index (χ0n) is 9.45. The minimum Gasteiger partial charge on any atom is -0.726 e. The second-order valence-corrected chi connectivity index (χ2v) is 4.09. The van der Waals surface area contributed by atoms with Gasteiger partial charge in [0.05, 0.1) is 12.6 Å². The Kier molecular flexibility index (Phi) is 10.2. The second-order valence-electron chi connectivity index (χ2n) is 3.23. The van der Waals surface area contributed by atoms with Gasteiger partial charge in [-0.25, -0.2) is 8.42 Å². The SMILES string of the molecule is N[C@@H]1[C@@H](O)[C@H](O)[C@@H](CO)O[C@H]1O.O=S(=O)([O-])O.[Na+]. The van der Waals surface area contributed by atoms with Gasteiger partial charge in [-0.15, -0.1) is 0 Å². The Morgan fingerprint density at radius 2 is 1.61 bits per heavy atom. The second kappa shape index (κ2) is 8.73. The van der Waals surface area contributed by atoms with E-state index in [9.17, 15) is 10.2 Å². The van der Waals surface area contributed by atoms with Crippen LogP contribution in [0.25, 0.3) is 0 Å². The number of hydrogen-bond acceptors (Lipinski definition) is 9. The van der Waals surface area contributed by atoms with E-state index in [1.54, 1.807) is 0 Å². The van der Waals surface area contributed by atoms with Gasteiger partial charge in [0.25, 0.3) is 0 Å². The monoisotopic (exact) mass is 299 g/mol. The maximum atomic E-state index is 9.20. The maximum Gasteiger partial charge on any atom is 1.00 e. The Morgan fingerprint density at radius 3 is 1.94 bits per heavy atom. The zero-order valence-corrected chi connectivity index (χ0v) is 12.3. The topological polar surface area (TPSA) is 194 Å². The number of rotatable bonds is 1. The fourth-order valence-corrected chi connectivity index (χ4v) is 1.12. The van der Waals surface area contributed by atoms with Crippen molar-refractivity contribution >= 4 is 10.4 Å². The van der Waals surface area contributed by atoms with Crippen LogP contribution < -0.4 is 35.3 Å². The van der Waals surface area contributed by atoms with Crippen LogP contribution in [0.5, 0.6) is 0 Å². The molecule has 0 aliphatic carbocycles. The maximum absolute atomic E-state index is 9.20. The van der Waals surface area contributed by atoms with E-state index in [1.807, 2.05) is 0 Å². The molecule has 0 unspecified atom stereocenters. The number of nitrogens with two attached hydrogens (primary N) is 1. The molecule has 0 spiro atoms. The van der Waals surface area contributed by atoms with Gasteiger partial charge in [-0.3, -0.25) is 4.55 Å². The van der Waals surface area contributed by atoms with Gasteiger partial charge in [-0.2, -0.15) is 0 Å². The van der Waals surface area contributed by atoms with Gasteiger partial charge in [-0.1, -0.05) is 0 Å². The van der Waals surface area contributed by atoms with Crippen molar-refractivity contribution in [3.63, 3.8) is 0 Å². The van der Waals surface area contributed by atoms with Gasteiger partial charge < -0.3 is 35.4 Å². The number of ether oxygens (including phenoxy) is 1. The summed E-state index contributed by atoms with van der Waals surface area (Å²) in [4.78, 5) is 0. The number of aliphatic hydroxyl groups excluding tert-OH is 4. The van der Waals surface area contributed by atoms with Crippen LogP contribution in [0, 0.1) is 0 Å². The van der Waals surface area contributed by atoms with E-state index in [1.165, 1.54) is 0 Å². The summed E-state index contributed by atoms with van der Waals surface area (Å²) in [6.07, 6.45) is -4.85. The summed E-state index contributed by atoms with van der Waals surface area (Å²) >= 11 is 0. The summed E-state index contributed by atoms with van der Waals surface area (Å²) < 4.78 is 37.5. The molecule has 0 aromatic rings. The summed E-state index contributed by atoms with van der Waals surface area (Å²) in [5, 5.41) is 36.1. The van der Waals surface area contributed by atoms with Crippen LogP contribution in [0.4, 0.5) is 0 Å². The van der Waals surface area contributed by atoms with Gasteiger partial charge in [0.2, 0.25) is 10.4 Å². The Morgan fingerprint density at radius 1 is 1.22 bits per heavy atom. The van der Waals surface area contributed by atoms with Crippen LogP contribution >= 0.6 is 0 Å². The molecule has 1 heterocycles. The van der Waals surface area contributed by atoms with Crippen molar-refractivity contribution in [1.29, 1.82) is 0 Å². The molecule has 104 valence electrons. The molecule has 0 radical (unpaired) electrons. The molecule has 12 heteroatoms. The average molecular weight is 299 g/mol. The molecule has 7 N–H and O–H groups in total. The van der Waals surface area contributed by atoms with Gasteiger partial charge >= 0.3 is 29.6 Å². The first-order valence-corrected chi connectivity index (χ1v) is 5.68. The summed E-state index contributed by atoms with van der Waals surface area (Å²) in [5.41, 5.74) is 5.26.